The number of halogens is 1. The molecule has 0 radical (unpaired) electrons. The van der Waals surface area contributed by atoms with Gasteiger partial charge in [0.1, 0.15) is 12.7 Å². The molecule has 2 nitrogen and oxygen atoms in total. The Morgan fingerprint density at radius 3 is 3.07 bits per heavy atom. The van der Waals surface area contributed by atoms with E-state index in [0.29, 0.717) is 12.5 Å². The van der Waals surface area contributed by atoms with Crippen molar-refractivity contribution in [3.05, 3.63) is 36.4 Å². The van der Waals surface area contributed by atoms with Gasteiger partial charge in [-0.2, -0.15) is 0 Å². The second-order valence-corrected chi connectivity index (χ2v) is 3.79. The van der Waals surface area contributed by atoms with Gasteiger partial charge in [-0.05, 0) is 24.1 Å². The first-order valence-electron chi connectivity index (χ1n) is 4.92. The second kappa shape index (κ2) is 4.58. The van der Waals surface area contributed by atoms with Crippen LogP contribution in [0.2, 0.25) is 0 Å². The van der Waals surface area contributed by atoms with Gasteiger partial charge in [0, 0.05) is 0 Å². The first-order valence-corrected chi connectivity index (χ1v) is 5.46. The summed E-state index contributed by atoms with van der Waals surface area (Å²) < 4.78 is 11.2. The topological polar surface area (TPSA) is 18.5 Å². The van der Waals surface area contributed by atoms with Gasteiger partial charge in [0.2, 0.25) is 0 Å². The summed E-state index contributed by atoms with van der Waals surface area (Å²) in [5, 5.41) is 0. The van der Waals surface area contributed by atoms with Gasteiger partial charge >= 0.3 is 0 Å². The number of rotatable bonds is 3. The number of hydrogen-bond acceptors (Lipinski definition) is 2. The predicted molar refractivity (Wildman–Crippen MR) is 61.0 cm³/mol. The lowest BCUT2D eigenvalue weighted by atomic mass is 10.1. The Morgan fingerprint density at radius 2 is 2.33 bits per heavy atom. The fourth-order valence-corrected chi connectivity index (χ4v) is 1.68. The Balaban J connectivity index is 2.22. The van der Waals surface area contributed by atoms with Gasteiger partial charge in [0.15, 0.2) is 11.5 Å². The van der Waals surface area contributed by atoms with Crippen molar-refractivity contribution in [2.45, 2.75) is 12.5 Å². The molecule has 0 aliphatic carbocycles. The Morgan fingerprint density at radius 1 is 1.47 bits per heavy atom. The highest BCUT2D eigenvalue weighted by Gasteiger charge is 2.19. The highest BCUT2D eigenvalue weighted by Crippen LogP contribution is 2.32. The average molecular weight is 225 g/mol. The summed E-state index contributed by atoms with van der Waals surface area (Å²) in [4.78, 5) is 0. The molecule has 1 aliphatic heterocycles. The van der Waals surface area contributed by atoms with Gasteiger partial charge in [-0.15, -0.1) is 18.2 Å². The monoisotopic (exact) mass is 224 g/mol. The summed E-state index contributed by atoms with van der Waals surface area (Å²) in [6.07, 6.45) is 2.66. The first kappa shape index (κ1) is 10.4. The van der Waals surface area contributed by atoms with Crippen molar-refractivity contribution in [2.75, 3.05) is 12.5 Å². The quantitative estimate of drug-likeness (QED) is 0.581. The van der Waals surface area contributed by atoms with Crippen LogP contribution in [0.15, 0.2) is 30.9 Å². The fourth-order valence-electron chi connectivity index (χ4n) is 1.53. The molecule has 0 saturated carbocycles. The molecule has 0 aromatic heterocycles. The molecule has 15 heavy (non-hydrogen) atoms. The van der Waals surface area contributed by atoms with Crippen LogP contribution in [0.5, 0.6) is 11.5 Å². The molecule has 1 aromatic rings. The minimum atomic E-state index is -0.0434. The number of allylic oxidation sites excluding steroid dienone is 1. The molecular weight excluding hydrogens is 212 g/mol. The van der Waals surface area contributed by atoms with Crippen LogP contribution >= 0.6 is 11.6 Å². The lowest BCUT2D eigenvalue weighted by Crippen LogP contribution is -2.30. The Labute approximate surface area is 94.5 Å². The Hall–Kier alpha value is -1.15. The van der Waals surface area contributed by atoms with E-state index in [-0.39, 0.29) is 6.10 Å². The molecule has 1 heterocycles. The van der Waals surface area contributed by atoms with E-state index in [1.165, 1.54) is 5.56 Å². The van der Waals surface area contributed by atoms with Gasteiger partial charge in [-0.25, -0.2) is 0 Å². The van der Waals surface area contributed by atoms with Gasteiger partial charge in [0.05, 0.1) is 5.88 Å². The second-order valence-electron chi connectivity index (χ2n) is 3.48. The molecule has 80 valence electrons. The standard InChI is InChI=1S/C12H13ClO2/c1-2-3-9-4-5-11-12(6-9)15-10(7-13)8-14-11/h2,4-6,10H,1,3,7-8H2. The van der Waals surface area contributed by atoms with Crippen molar-refractivity contribution < 1.29 is 9.47 Å². The molecule has 1 unspecified atom stereocenters. The van der Waals surface area contributed by atoms with Crippen LogP contribution in [0.25, 0.3) is 0 Å². The number of alkyl halides is 1. The van der Waals surface area contributed by atoms with Gasteiger partial charge in [-0.3, -0.25) is 0 Å². The van der Waals surface area contributed by atoms with E-state index in [9.17, 15) is 0 Å². The summed E-state index contributed by atoms with van der Waals surface area (Å²) in [5.74, 6) is 2.03. The molecule has 1 aliphatic rings. The molecule has 1 atom stereocenters. The number of hydrogen-bond donors (Lipinski definition) is 0. The summed E-state index contributed by atoms with van der Waals surface area (Å²) >= 11 is 5.73. The van der Waals surface area contributed by atoms with Crippen molar-refractivity contribution in [1.29, 1.82) is 0 Å². The molecule has 0 spiro atoms. The Bertz CT molecular complexity index is 363. The van der Waals surface area contributed by atoms with Crippen molar-refractivity contribution in [3.63, 3.8) is 0 Å². The van der Waals surface area contributed by atoms with Crippen LogP contribution in [0, 0.1) is 0 Å². The third-order valence-electron chi connectivity index (χ3n) is 2.28. The van der Waals surface area contributed by atoms with E-state index in [0.717, 1.165) is 17.9 Å². The SMILES string of the molecule is C=CCc1ccc2c(c1)OC(CCl)CO2. The third-order valence-corrected chi connectivity index (χ3v) is 2.62. The van der Waals surface area contributed by atoms with E-state index in [2.05, 4.69) is 6.58 Å². The molecule has 0 N–H and O–H groups in total. The predicted octanol–water partition coefficient (Wildman–Crippen LogP) is 2.79. The molecule has 0 amide bonds. The average Bonchev–Trinajstić information content (AvgIpc) is 2.28. The van der Waals surface area contributed by atoms with Crippen molar-refractivity contribution in [3.8, 4) is 11.5 Å². The fraction of sp³-hybridized carbons (Fsp3) is 0.333. The third kappa shape index (κ3) is 2.26. The number of ether oxygens (including phenoxy) is 2. The zero-order valence-electron chi connectivity index (χ0n) is 8.41. The van der Waals surface area contributed by atoms with Gasteiger partial charge in [-0.1, -0.05) is 12.1 Å². The maximum atomic E-state index is 5.73. The zero-order chi connectivity index (χ0) is 10.7. The van der Waals surface area contributed by atoms with Gasteiger partial charge in [0.25, 0.3) is 0 Å². The highest BCUT2D eigenvalue weighted by molar-refractivity contribution is 6.18. The summed E-state index contributed by atoms with van der Waals surface area (Å²) in [5.41, 5.74) is 1.17. The Kier molecular flexibility index (Phi) is 3.17. The molecule has 0 saturated heterocycles. The van der Waals surface area contributed by atoms with Crippen LogP contribution in [-0.4, -0.2) is 18.6 Å². The molecule has 2 rings (SSSR count). The largest absolute Gasteiger partial charge is 0.486 e. The van der Waals surface area contributed by atoms with Gasteiger partial charge < -0.3 is 9.47 Å². The summed E-state index contributed by atoms with van der Waals surface area (Å²) in [6.45, 7) is 4.23. The van der Waals surface area contributed by atoms with Crippen molar-refractivity contribution in [2.24, 2.45) is 0 Å². The van der Waals surface area contributed by atoms with E-state index in [1.807, 2.05) is 24.3 Å². The number of benzene rings is 1. The minimum Gasteiger partial charge on any atom is -0.486 e. The van der Waals surface area contributed by atoms with Crippen molar-refractivity contribution >= 4 is 11.6 Å². The number of fused-ring (bicyclic) bond motifs is 1. The van der Waals surface area contributed by atoms with Crippen LogP contribution in [0.4, 0.5) is 0 Å². The zero-order valence-corrected chi connectivity index (χ0v) is 9.17. The van der Waals surface area contributed by atoms with E-state index >= 15 is 0 Å². The molecule has 0 fully saturated rings. The lowest BCUT2D eigenvalue weighted by molar-refractivity contribution is 0.106. The summed E-state index contributed by atoms with van der Waals surface area (Å²) in [7, 11) is 0. The van der Waals surface area contributed by atoms with E-state index in [1.54, 1.807) is 0 Å². The smallest absolute Gasteiger partial charge is 0.162 e. The maximum absolute atomic E-state index is 5.73. The van der Waals surface area contributed by atoms with Crippen LogP contribution in [0.3, 0.4) is 0 Å². The van der Waals surface area contributed by atoms with Crippen molar-refractivity contribution in [1.82, 2.24) is 0 Å². The molecule has 1 aromatic carbocycles. The molecule has 3 heteroatoms. The highest BCUT2D eigenvalue weighted by atomic mass is 35.5. The lowest BCUT2D eigenvalue weighted by Gasteiger charge is -2.25. The van der Waals surface area contributed by atoms with Crippen LogP contribution in [-0.2, 0) is 6.42 Å². The maximum Gasteiger partial charge on any atom is 0.162 e. The first-order chi connectivity index (χ1) is 7.33. The van der Waals surface area contributed by atoms with Crippen LogP contribution in [0.1, 0.15) is 5.56 Å². The minimum absolute atomic E-state index is 0.0434. The molecule has 0 bridgehead atoms. The summed E-state index contributed by atoms with van der Waals surface area (Å²) in [6, 6.07) is 5.93. The van der Waals surface area contributed by atoms with E-state index in [4.69, 9.17) is 21.1 Å². The normalized spacial score (nSPS) is 18.6. The van der Waals surface area contributed by atoms with E-state index < -0.39 is 0 Å². The molecular formula is C12H13ClO2. The van der Waals surface area contributed by atoms with Crippen LogP contribution < -0.4 is 9.47 Å².